The van der Waals surface area contributed by atoms with Crippen molar-refractivity contribution in [2.75, 3.05) is 0 Å². The van der Waals surface area contributed by atoms with Crippen LogP contribution in [0.5, 0.6) is 0 Å². The Morgan fingerprint density at radius 1 is 0.176 bits per heavy atom. The molecule has 3 aromatic heterocycles. The summed E-state index contributed by atoms with van der Waals surface area (Å²) in [5.74, 6) is 5.71. The van der Waals surface area contributed by atoms with Crippen LogP contribution >= 0.6 is 0 Å². The van der Waals surface area contributed by atoms with E-state index in [9.17, 15) is 0 Å². The van der Waals surface area contributed by atoms with Gasteiger partial charge in [-0.25, -0.2) is 59.4 Å². The predicted molar refractivity (Wildman–Crippen MR) is 531 cm³/mol. The second-order valence-electron chi connectivity index (χ2n) is 34.8. The van der Waals surface area contributed by atoms with Crippen LogP contribution in [0, 0.1) is 19.7 Å². The lowest BCUT2D eigenvalue weighted by Crippen LogP contribution is -2.14. The molecule has 3 heterocycles. The molecule has 20 aromatic rings. The maximum atomic E-state index is 7.64. The van der Waals surface area contributed by atoms with Crippen molar-refractivity contribution in [3.05, 3.63) is 456 Å². The number of fused-ring (bicyclic) bond motifs is 11. The zero-order chi connectivity index (χ0) is 89.1. The van der Waals surface area contributed by atoms with Crippen molar-refractivity contribution >= 4 is 38.6 Å². The normalized spacial score (nSPS) is 12.8. The first kappa shape index (κ1) is 80.8. The summed E-state index contributed by atoms with van der Waals surface area (Å²) >= 11 is 0. The molecule has 3 aliphatic rings. The summed E-state index contributed by atoms with van der Waals surface area (Å²) in [5, 5.41) is 4.56. The smallest absolute Gasteiger partial charge is 0.187 e. The number of benzene rings is 17. The van der Waals surface area contributed by atoms with Gasteiger partial charge >= 0.3 is 0 Å². The Morgan fingerprint density at radius 3 is 0.786 bits per heavy atom. The molecule has 12 nitrogen and oxygen atoms in total. The molecule has 0 spiro atoms. The molecule has 0 saturated heterocycles. The Bertz CT molecular complexity index is 8030. The number of aromatic nitrogens is 9. The van der Waals surface area contributed by atoms with Crippen LogP contribution in [0.2, 0.25) is 0 Å². The summed E-state index contributed by atoms with van der Waals surface area (Å²) in [6.45, 7) is 36.4. The lowest BCUT2D eigenvalue weighted by Gasteiger charge is -2.21. The van der Waals surface area contributed by atoms with Gasteiger partial charge in [-0.2, -0.15) is 0 Å². The Balaban J connectivity index is 0.000000119. The standard InChI is InChI=1S/2C41H28N4.C37H26N4/c1-41(2)35-23-22-30(42-3)25-34(35)37-32(19-11-21-36(37)41)28-16-9-17-29(24-28)39-43-38(27-13-5-4-6-14-27)44-40(45-39)33-20-10-15-26-12-7-8-18-31(26)33;1-41(2)35-22-21-32(42-3)25-34(35)37-33(17-10-18-36(37)41)29-15-9-16-30(24-29)39-43-38(27-12-5-4-6-13-27)44-40(45-39)31-20-19-26-11-7-8-14-28(26)23-31;1-37(2)31-21-20-28(38-3)23-30(31)33-29(18-11-19-32(33)37)26-16-10-17-27(22-26)36-40-34(24-12-6-4-7-13-24)39-35(41-36)25-14-8-5-9-15-25/h2*4-25H,1-2H3;4-23H,1-2H3. The van der Waals surface area contributed by atoms with Gasteiger partial charge in [0.1, 0.15) is 0 Å². The first-order valence-electron chi connectivity index (χ1n) is 43.8. The van der Waals surface area contributed by atoms with Crippen molar-refractivity contribution in [1.29, 1.82) is 0 Å². The molecule has 618 valence electrons. The van der Waals surface area contributed by atoms with Crippen LogP contribution in [0.3, 0.4) is 0 Å². The summed E-state index contributed by atoms with van der Waals surface area (Å²) < 4.78 is 0. The molecule has 0 N–H and O–H groups in total. The van der Waals surface area contributed by atoms with Crippen LogP contribution in [0.25, 0.3) is 205 Å². The molecule has 0 aliphatic heterocycles. The third kappa shape index (κ3) is 14.9. The van der Waals surface area contributed by atoms with Crippen molar-refractivity contribution < 1.29 is 0 Å². The number of hydrogen-bond donors (Lipinski definition) is 0. The van der Waals surface area contributed by atoms with Gasteiger partial charge in [0.2, 0.25) is 0 Å². The van der Waals surface area contributed by atoms with Crippen LogP contribution in [-0.4, -0.2) is 44.9 Å². The van der Waals surface area contributed by atoms with E-state index in [-0.39, 0.29) is 16.2 Å². The summed E-state index contributed by atoms with van der Waals surface area (Å²) in [4.78, 5) is 56.0. The Hall–Kier alpha value is -17.2. The van der Waals surface area contributed by atoms with Gasteiger partial charge in [-0.15, -0.1) is 0 Å². The van der Waals surface area contributed by atoms with Gasteiger partial charge in [0, 0.05) is 66.3 Å². The van der Waals surface area contributed by atoms with E-state index in [4.69, 9.17) is 64.6 Å². The van der Waals surface area contributed by atoms with Gasteiger partial charge in [0.15, 0.2) is 69.5 Å². The monoisotopic (exact) mass is 1680 g/mol. The first-order chi connectivity index (χ1) is 64.0. The average Bonchev–Trinajstić information content (AvgIpc) is 1.58. The fraction of sp³-hybridized carbons (Fsp3) is 0.0756. The Labute approximate surface area is 761 Å². The van der Waals surface area contributed by atoms with E-state index in [1.165, 1.54) is 55.5 Å². The molecular formula is C119H82N12. The van der Waals surface area contributed by atoms with Crippen LogP contribution in [0.4, 0.5) is 17.1 Å². The highest BCUT2D eigenvalue weighted by molar-refractivity contribution is 6.00. The molecule has 17 aromatic carbocycles. The zero-order valence-electron chi connectivity index (χ0n) is 72.8. The molecule has 0 fully saturated rings. The minimum Gasteiger partial charge on any atom is -0.238 e. The first-order valence-corrected chi connectivity index (χ1v) is 43.8. The minimum absolute atomic E-state index is 0.151. The highest BCUT2D eigenvalue weighted by Crippen LogP contribution is 2.57. The van der Waals surface area contributed by atoms with Crippen LogP contribution < -0.4 is 0 Å². The predicted octanol–water partition coefficient (Wildman–Crippen LogP) is 30.5. The third-order valence-electron chi connectivity index (χ3n) is 25.8. The fourth-order valence-corrected chi connectivity index (χ4v) is 19.2. The van der Waals surface area contributed by atoms with E-state index in [0.717, 1.165) is 116 Å². The van der Waals surface area contributed by atoms with Gasteiger partial charge in [-0.1, -0.05) is 387 Å². The van der Waals surface area contributed by atoms with Gasteiger partial charge in [0.05, 0.1) is 19.7 Å². The minimum atomic E-state index is -0.162. The van der Waals surface area contributed by atoms with Crippen molar-refractivity contribution in [3.8, 4) is 169 Å². The van der Waals surface area contributed by atoms with Gasteiger partial charge in [0.25, 0.3) is 0 Å². The van der Waals surface area contributed by atoms with Crippen molar-refractivity contribution in [3.63, 3.8) is 0 Å². The summed E-state index contributed by atoms with van der Waals surface area (Å²) in [5.41, 5.74) is 31.1. The SMILES string of the molecule is [C-]#[N+]c1ccc2c(c1)-c1c(-c3cccc(-c4nc(-c5ccccc5)nc(-c5ccc6ccccc6c5)n4)c3)cccc1C2(C)C.[C-]#[N+]c1ccc2c(c1)-c1c(-c3cccc(-c4nc(-c5ccccc5)nc(-c5cccc6ccccc56)n4)c3)cccc1C2(C)C.[C-]#[N+]c1ccc2c(c1)-c1c(-c3cccc(-c4nc(-c5ccccc5)nc(-c5ccccc5)n4)c3)cccc1C2(C)C. The van der Waals surface area contributed by atoms with E-state index >= 15 is 0 Å². The lowest BCUT2D eigenvalue weighted by atomic mass is 9.82. The molecule has 0 radical (unpaired) electrons. The van der Waals surface area contributed by atoms with Crippen molar-refractivity contribution in [2.45, 2.75) is 57.8 Å². The van der Waals surface area contributed by atoms with Crippen molar-refractivity contribution in [1.82, 2.24) is 44.9 Å². The topological polar surface area (TPSA) is 129 Å². The number of nitrogens with zero attached hydrogens (tertiary/aromatic N) is 12. The molecule has 0 saturated carbocycles. The highest BCUT2D eigenvalue weighted by atomic mass is 15.1. The second-order valence-corrected chi connectivity index (χ2v) is 34.8. The van der Waals surface area contributed by atoms with Crippen LogP contribution in [-0.2, 0) is 16.2 Å². The molecule has 0 bridgehead atoms. The molecule has 23 rings (SSSR count). The van der Waals surface area contributed by atoms with Gasteiger partial charge < -0.3 is 0 Å². The molecule has 131 heavy (non-hydrogen) atoms. The van der Waals surface area contributed by atoms with E-state index in [2.05, 4.69) is 268 Å². The zero-order valence-corrected chi connectivity index (χ0v) is 72.8. The second kappa shape index (κ2) is 33.3. The van der Waals surface area contributed by atoms with Crippen LogP contribution in [0.15, 0.2) is 388 Å². The number of rotatable bonds is 12. The summed E-state index contributed by atoms with van der Waals surface area (Å²) in [6, 6.07) is 133. The van der Waals surface area contributed by atoms with E-state index < -0.39 is 0 Å². The van der Waals surface area contributed by atoms with E-state index in [1.807, 2.05) is 176 Å². The van der Waals surface area contributed by atoms with Gasteiger partial charge in [-0.3, -0.25) is 0 Å². The average molecular weight is 1680 g/mol. The van der Waals surface area contributed by atoms with E-state index in [1.54, 1.807) is 0 Å². The fourth-order valence-electron chi connectivity index (χ4n) is 19.2. The lowest BCUT2D eigenvalue weighted by molar-refractivity contribution is 0.660. The quantitative estimate of drug-likeness (QED) is 0.110. The summed E-state index contributed by atoms with van der Waals surface area (Å²) in [6.07, 6.45) is 0. The largest absolute Gasteiger partial charge is 0.238 e. The number of hydrogen-bond acceptors (Lipinski definition) is 9. The Kier molecular flexibility index (Phi) is 20.5. The third-order valence-corrected chi connectivity index (χ3v) is 25.8. The van der Waals surface area contributed by atoms with Crippen molar-refractivity contribution in [2.24, 2.45) is 0 Å². The van der Waals surface area contributed by atoms with Gasteiger partial charge in [-0.05, 0) is 164 Å². The molecular weight excluding hydrogens is 1600 g/mol. The van der Waals surface area contributed by atoms with E-state index in [0.29, 0.717) is 69.5 Å². The summed E-state index contributed by atoms with van der Waals surface area (Å²) in [7, 11) is 0. The molecule has 12 heteroatoms. The Morgan fingerprint density at radius 2 is 0.435 bits per heavy atom. The molecule has 0 unspecified atom stereocenters. The molecule has 0 atom stereocenters. The maximum Gasteiger partial charge on any atom is 0.187 e. The highest BCUT2D eigenvalue weighted by Gasteiger charge is 2.40. The molecule has 3 aliphatic carbocycles. The molecule has 0 amide bonds. The maximum absolute atomic E-state index is 7.64. The van der Waals surface area contributed by atoms with Crippen LogP contribution in [0.1, 0.15) is 74.9 Å².